The van der Waals surface area contributed by atoms with E-state index in [1.54, 1.807) is 24.5 Å². The lowest BCUT2D eigenvalue weighted by molar-refractivity contribution is 0.547. The molecule has 72 valence electrons. The molecule has 0 amide bonds. The molecule has 15 heavy (non-hydrogen) atoms. The van der Waals surface area contributed by atoms with Crippen LogP contribution in [0.3, 0.4) is 0 Å². The van der Waals surface area contributed by atoms with Gasteiger partial charge in [-0.05, 0) is 30.2 Å². The molecule has 0 aliphatic rings. The first kappa shape index (κ1) is 9.22. The smallest absolute Gasteiger partial charge is 0.177 e. The van der Waals surface area contributed by atoms with Crippen molar-refractivity contribution in [3.05, 3.63) is 53.7 Å². The Kier molecular flexibility index (Phi) is 2.61. The minimum absolute atomic E-state index is 0.505. The first-order valence-electron chi connectivity index (χ1n) is 4.41. The second kappa shape index (κ2) is 4.25. The van der Waals surface area contributed by atoms with Gasteiger partial charge in [0.2, 0.25) is 0 Å². The van der Waals surface area contributed by atoms with Crippen LogP contribution in [0, 0.1) is 17.3 Å². The van der Waals surface area contributed by atoms with Crippen LogP contribution in [-0.2, 0) is 0 Å². The summed E-state index contributed by atoms with van der Waals surface area (Å²) in [4.78, 5) is 3.95. The quantitative estimate of drug-likeness (QED) is 0.560. The fourth-order valence-corrected chi connectivity index (χ4v) is 1.07. The van der Waals surface area contributed by atoms with E-state index in [1.807, 2.05) is 12.1 Å². The highest BCUT2D eigenvalue weighted by Gasteiger charge is 1.94. The number of hydrogen-bond donors (Lipinski definition) is 1. The van der Waals surface area contributed by atoms with E-state index in [9.17, 15) is 0 Å². The zero-order valence-corrected chi connectivity index (χ0v) is 7.90. The number of rotatable bonds is 1. The van der Waals surface area contributed by atoms with Crippen molar-refractivity contribution in [3.8, 4) is 11.8 Å². The van der Waals surface area contributed by atoms with Crippen LogP contribution in [0.2, 0.25) is 0 Å². The number of aromatic nitrogens is 1. The van der Waals surface area contributed by atoms with Crippen LogP contribution < -0.4 is 0 Å². The Morgan fingerprint density at radius 2 is 2.20 bits per heavy atom. The van der Waals surface area contributed by atoms with Gasteiger partial charge < -0.3 is 9.83 Å². The normalized spacial score (nSPS) is 9.07. The molecule has 0 aliphatic carbocycles. The van der Waals surface area contributed by atoms with E-state index in [2.05, 4.69) is 16.8 Å². The lowest BCUT2D eigenvalue weighted by Gasteiger charge is -1.85. The van der Waals surface area contributed by atoms with Crippen molar-refractivity contribution in [1.82, 2.24) is 4.98 Å². The Hall–Kier alpha value is -2.34. The molecule has 0 bridgehead atoms. The van der Waals surface area contributed by atoms with Crippen molar-refractivity contribution in [2.45, 2.75) is 0 Å². The Morgan fingerprint density at radius 3 is 2.87 bits per heavy atom. The van der Waals surface area contributed by atoms with Crippen LogP contribution in [0.1, 0.15) is 17.1 Å². The summed E-state index contributed by atoms with van der Waals surface area (Å²) in [5.74, 6) is 6.83. The minimum Gasteiger partial charge on any atom is -0.447 e. The molecule has 0 aliphatic heterocycles. The van der Waals surface area contributed by atoms with Crippen molar-refractivity contribution in [2.24, 2.45) is 0 Å². The molecular weight excluding hydrogens is 188 g/mol. The SMILES string of the molecule is N=Cc1ccc(C#Cc2cccnc2)o1. The van der Waals surface area contributed by atoms with Crippen molar-refractivity contribution in [1.29, 1.82) is 5.41 Å². The standard InChI is InChI=1S/C12H8N2O/c13-8-12-6-5-11(15-12)4-3-10-2-1-7-14-9-10/h1-2,5-9,13H. The highest BCUT2D eigenvalue weighted by molar-refractivity contribution is 5.73. The average Bonchev–Trinajstić information content (AvgIpc) is 2.76. The average molecular weight is 196 g/mol. The third-order valence-electron chi connectivity index (χ3n) is 1.76. The predicted molar refractivity (Wildman–Crippen MR) is 56.8 cm³/mol. The molecule has 3 heteroatoms. The van der Waals surface area contributed by atoms with Crippen molar-refractivity contribution >= 4 is 6.21 Å². The van der Waals surface area contributed by atoms with E-state index in [0.717, 1.165) is 11.8 Å². The molecule has 2 aromatic heterocycles. The van der Waals surface area contributed by atoms with Gasteiger partial charge in [-0.25, -0.2) is 0 Å². The zero-order chi connectivity index (χ0) is 10.5. The fraction of sp³-hybridized carbons (Fsp3) is 0. The number of pyridine rings is 1. The van der Waals surface area contributed by atoms with E-state index >= 15 is 0 Å². The lowest BCUT2D eigenvalue weighted by atomic mass is 10.3. The summed E-state index contributed by atoms with van der Waals surface area (Å²) in [5.41, 5.74) is 0.838. The largest absolute Gasteiger partial charge is 0.447 e. The van der Waals surface area contributed by atoms with Gasteiger partial charge in [0, 0.05) is 18.0 Å². The highest BCUT2D eigenvalue weighted by Crippen LogP contribution is 2.03. The number of furan rings is 1. The van der Waals surface area contributed by atoms with Crippen molar-refractivity contribution < 1.29 is 4.42 Å². The molecule has 2 heterocycles. The molecular formula is C12H8N2O. The highest BCUT2D eigenvalue weighted by atomic mass is 16.3. The number of nitrogens with one attached hydrogen (secondary N) is 1. The van der Waals surface area contributed by atoms with E-state index in [0.29, 0.717) is 11.5 Å². The van der Waals surface area contributed by atoms with E-state index in [4.69, 9.17) is 9.83 Å². The summed E-state index contributed by atoms with van der Waals surface area (Å²) in [6.07, 6.45) is 4.54. The Labute approximate surface area is 87.3 Å². The molecule has 0 saturated carbocycles. The molecule has 0 radical (unpaired) electrons. The van der Waals surface area contributed by atoms with Crippen LogP contribution in [0.15, 0.2) is 41.1 Å². The predicted octanol–water partition coefficient (Wildman–Crippen LogP) is 2.07. The summed E-state index contributed by atoms with van der Waals surface area (Å²) < 4.78 is 5.22. The Balaban J connectivity index is 2.22. The second-order valence-electron chi connectivity index (χ2n) is 2.84. The van der Waals surface area contributed by atoms with Gasteiger partial charge in [-0.2, -0.15) is 0 Å². The minimum atomic E-state index is 0.505. The molecule has 2 aromatic rings. The summed E-state index contributed by atoms with van der Waals surface area (Å²) >= 11 is 0. The van der Waals surface area contributed by atoms with Crippen molar-refractivity contribution in [3.63, 3.8) is 0 Å². The van der Waals surface area contributed by atoms with Crippen LogP contribution in [0.25, 0.3) is 0 Å². The van der Waals surface area contributed by atoms with Gasteiger partial charge >= 0.3 is 0 Å². The van der Waals surface area contributed by atoms with Crippen molar-refractivity contribution in [2.75, 3.05) is 0 Å². The molecule has 2 rings (SSSR count). The van der Waals surface area contributed by atoms with Gasteiger partial charge in [-0.3, -0.25) is 4.98 Å². The zero-order valence-electron chi connectivity index (χ0n) is 7.90. The van der Waals surface area contributed by atoms with E-state index in [-0.39, 0.29) is 0 Å². The van der Waals surface area contributed by atoms with Gasteiger partial charge in [0.15, 0.2) is 5.76 Å². The molecule has 0 atom stereocenters. The van der Waals surface area contributed by atoms with Gasteiger partial charge in [0.25, 0.3) is 0 Å². The van der Waals surface area contributed by atoms with Gasteiger partial charge in [0.05, 0.1) is 6.21 Å². The summed E-state index contributed by atoms with van der Waals surface area (Å²) in [5, 5.41) is 6.98. The maximum atomic E-state index is 6.98. The molecule has 3 nitrogen and oxygen atoms in total. The summed E-state index contributed by atoms with van der Waals surface area (Å²) in [6, 6.07) is 7.15. The maximum Gasteiger partial charge on any atom is 0.177 e. The topological polar surface area (TPSA) is 49.9 Å². The van der Waals surface area contributed by atoms with Crippen LogP contribution in [-0.4, -0.2) is 11.2 Å². The van der Waals surface area contributed by atoms with E-state index in [1.165, 1.54) is 0 Å². The Morgan fingerprint density at radius 1 is 1.27 bits per heavy atom. The number of nitrogens with zero attached hydrogens (tertiary/aromatic N) is 1. The van der Waals surface area contributed by atoms with Crippen LogP contribution in [0.4, 0.5) is 0 Å². The third kappa shape index (κ3) is 2.32. The summed E-state index contributed by atoms with van der Waals surface area (Å²) in [6.45, 7) is 0. The van der Waals surface area contributed by atoms with Crippen LogP contribution in [0.5, 0.6) is 0 Å². The fourth-order valence-electron chi connectivity index (χ4n) is 1.07. The Bertz CT molecular complexity index is 517. The molecule has 0 spiro atoms. The molecule has 0 fully saturated rings. The maximum absolute atomic E-state index is 6.98. The third-order valence-corrected chi connectivity index (χ3v) is 1.76. The number of hydrogen-bond acceptors (Lipinski definition) is 3. The lowest BCUT2D eigenvalue weighted by Crippen LogP contribution is -1.75. The van der Waals surface area contributed by atoms with Gasteiger partial charge in [-0.1, -0.05) is 5.92 Å². The first-order chi connectivity index (χ1) is 7.38. The molecule has 0 saturated heterocycles. The van der Waals surface area contributed by atoms with Gasteiger partial charge in [0.1, 0.15) is 5.76 Å². The molecule has 0 unspecified atom stereocenters. The van der Waals surface area contributed by atoms with Crippen LogP contribution >= 0.6 is 0 Å². The monoisotopic (exact) mass is 196 g/mol. The first-order valence-corrected chi connectivity index (χ1v) is 4.41. The molecule has 1 N–H and O–H groups in total. The molecule has 0 aromatic carbocycles. The second-order valence-corrected chi connectivity index (χ2v) is 2.84. The van der Waals surface area contributed by atoms with Gasteiger partial charge in [-0.15, -0.1) is 0 Å². The summed E-state index contributed by atoms with van der Waals surface area (Å²) in [7, 11) is 0. The van der Waals surface area contributed by atoms with E-state index < -0.39 is 0 Å².